The van der Waals surface area contributed by atoms with Gasteiger partial charge in [0.05, 0.1) is 6.10 Å². The highest BCUT2D eigenvalue weighted by molar-refractivity contribution is 5.79. The molecule has 0 saturated carbocycles. The van der Waals surface area contributed by atoms with Crippen molar-refractivity contribution in [2.45, 2.75) is 26.9 Å². The Bertz CT molecular complexity index is 1090. The van der Waals surface area contributed by atoms with Gasteiger partial charge in [-0.1, -0.05) is 65.8 Å². The standard InChI is InChI=1S/C24H23N3O2/c1-16(2)28-22-11-7-10-21(25-22)26-23-17(3)27-29-24(23)20-14-12-19(13-15-20)18-8-5-4-6-9-18/h4-16H,1-3H3,(H,25,26). The maximum absolute atomic E-state index is 5.68. The van der Waals surface area contributed by atoms with Gasteiger partial charge in [0.25, 0.3) is 0 Å². The summed E-state index contributed by atoms with van der Waals surface area (Å²) in [4.78, 5) is 4.51. The number of hydrogen-bond acceptors (Lipinski definition) is 5. The number of aryl methyl sites for hydroxylation is 1. The van der Waals surface area contributed by atoms with Crippen molar-refractivity contribution in [3.8, 4) is 28.3 Å². The Kier molecular flexibility index (Phi) is 5.29. The topological polar surface area (TPSA) is 60.2 Å². The van der Waals surface area contributed by atoms with Crippen LogP contribution < -0.4 is 10.1 Å². The van der Waals surface area contributed by atoms with Gasteiger partial charge in [-0.15, -0.1) is 0 Å². The van der Waals surface area contributed by atoms with E-state index in [-0.39, 0.29) is 6.10 Å². The summed E-state index contributed by atoms with van der Waals surface area (Å²) in [5.41, 5.74) is 4.84. The molecule has 0 atom stereocenters. The lowest BCUT2D eigenvalue weighted by Gasteiger charge is -2.11. The van der Waals surface area contributed by atoms with Crippen LogP contribution in [0, 0.1) is 6.92 Å². The van der Waals surface area contributed by atoms with E-state index < -0.39 is 0 Å². The van der Waals surface area contributed by atoms with Crippen LogP contribution in [0.25, 0.3) is 22.5 Å². The van der Waals surface area contributed by atoms with Crippen LogP contribution in [0.15, 0.2) is 77.3 Å². The van der Waals surface area contributed by atoms with Gasteiger partial charge in [-0.05, 0) is 38.0 Å². The third kappa shape index (κ3) is 4.29. The van der Waals surface area contributed by atoms with Crippen LogP contribution in [0.3, 0.4) is 0 Å². The largest absolute Gasteiger partial charge is 0.475 e. The Morgan fingerprint density at radius 1 is 0.828 bits per heavy atom. The second kappa shape index (κ2) is 8.19. The zero-order chi connectivity index (χ0) is 20.2. The molecule has 2 aromatic carbocycles. The molecule has 4 aromatic rings. The molecule has 0 unspecified atom stereocenters. The number of hydrogen-bond donors (Lipinski definition) is 1. The first kappa shape index (κ1) is 18.7. The molecule has 0 aliphatic carbocycles. The van der Waals surface area contributed by atoms with Crippen molar-refractivity contribution in [1.82, 2.24) is 10.1 Å². The molecule has 0 amide bonds. The summed E-state index contributed by atoms with van der Waals surface area (Å²) in [5, 5.41) is 7.48. The molecular weight excluding hydrogens is 362 g/mol. The van der Waals surface area contributed by atoms with Gasteiger partial charge in [0.15, 0.2) is 5.76 Å². The fraction of sp³-hybridized carbons (Fsp3) is 0.167. The molecule has 0 saturated heterocycles. The maximum Gasteiger partial charge on any atom is 0.215 e. The third-order valence-electron chi connectivity index (χ3n) is 4.45. The number of rotatable bonds is 6. The molecular formula is C24H23N3O2. The molecule has 0 fully saturated rings. The fourth-order valence-corrected chi connectivity index (χ4v) is 3.08. The van der Waals surface area contributed by atoms with Crippen molar-refractivity contribution in [2.75, 3.05) is 5.32 Å². The zero-order valence-corrected chi connectivity index (χ0v) is 16.7. The lowest BCUT2D eigenvalue weighted by molar-refractivity contribution is 0.233. The molecule has 29 heavy (non-hydrogen) atoms. The summed E-state index contributed by atoms with van der Waals surface area (Å²) >= 11 is 0. The molecule has 0 bridgehead atoms. The molecule has 0 spiro atoms. The van der Waals surface area contributed by atoms with Crippen LogP contribution in [0.2, 0.25) is 0 Å². The van der Waals surface area contributed by atoms with E-state index in [1.165, 1.54) is 5.56 Å². The number of pyridine rings is 1. The highest BCUT2D eigenvalue weighted by atomic mass is 16.5. The van der Waals surface area contributed by atoms with Crippen LogP contribution in [0.1, 0.15) is 19.5 Å². The number of anilines is 2. The number of aromatic nitrogens is 2. The summed E-state index contributed by atoms with van der Waals surface area (Å²) in [6.07, 6.45) is 0.0637. The lowest BCUT2D eigenvalue weighted by Crippen LogP contribution is -2.07. The van der Waals surface area contributed by atoms with Gasteiger partial charge >= 0.3 is 0 Å². The number of ether oxygens (including phenoxy) is 1. The SMILES string of the molecule is Cc1noc(-c2ccc(-c3ccccc3)cc2)c1Nc1cccc(OC(C)C)n1. The van der Waals surface area contributed by atoms with E-state index in [1.807, 2.05) is 69.3 Å². The van der Waals surface area contributed by atoms with E-state index in [0.29, 0.717) is 17.5 Å². The zero-order valence-electron chi connectivity index (χ0n) is 16.7. The first-order valence-electron chi connectivity index (χ1n) is 9.63. The summed E-state index contributed by atoms with van der Waals surface area (Å²) in [6, 6.07) is 24.2. The second-order valence-corrected chi connectivity index (χ2v) is 7.07. The normalized spacial score (nSPS) is 10.9. The van der Waals surface area contributed by atoms with Crippen LogP contribution >= 0.6 is 0 Å². The molecule has 4 rings (SSSR count). The number of nitrogens with one attached hydrogen (secondary N) is 1. The molecule has 5 nitrogen and oxygen atoms in total. The molecule has 2 heterocycles. The molecule has 0 aliphatic heterocycles. The van der Waals surface area contributed by atoms with Gasteiger partial charge in [0.1, 0.15) is 17.2 Å². The second-order valence-electron chi connectivity index (χ2n) is 7.07. The number of benzene rings is 2. The van der Waals surface area contributed by atoms with Crippen LogP contribution in [0.4, 0.5) is 11.5 Å². The van der Waals surface area contributed by atoms with E-state index in [4.69, 9.17) is 9.26 Å². The van der Waals surface area contributed by atoms with Crippen molar-refractivity contribution in [3.05, 3.63) is 78.5 Å². The average molecular weight is 385 g/mol. The van der Waals surface area contributed by atoms with E-state index in [1.54, 1.807) is 0 Å². The average Bonchev–Trinajstić information content (AvgIpc) is 3.09. The van der Waals surface area contributed by atoms with E-state index in [0.717, 1.165) is 22.5 Å². The Morgan fingerprint density at radius 2 is 1.52 bits per heavy atom. The molecule has 1 N–H and O–H groups in total. The summed E-state index contributed by atoms with van der Waals surface area (Å²) < 4.78 is 11.3. The Morgan fingerprint density at radius 3 is 2.24 bits per heavy atom. The monoisotopic (exact) mass is 385 g/mol. The van der Waals surface area contributed by atoms with Gasteiger partial charge in [0.2, 0.25) is 5.88 Å². The first-order chi connectivity index (χ1) is 14.1. The van der Waals surface area contributed by atoms with Crippen molar-refractivity contribution in [1.29, 1.82) is 0 Å². The van der Waals surface area contributed by atoms with Gasteiger partial charge in [-0.3, -0.25) is 0 Å². The molecule has 5 heteroatoms. The quantitative estimate of drug-likeness (QED) is 0.425. The first-order valence-corrected chi connectivity index (χ1v) is 9.63. The fourth-order valence-electron chi connectivity index (χ4n) is 3.08. The van der Waals surface area contributed by atoms with E-state index in [2.05, 4.69) is 39.7 Å². The highest BCUT2D eigenvalue weighted by Gasteiger charge is 2.16. The maximum atomic E-state index is 5.68. The Balaban J connectivity index is 1.61. The van der Waals surface area contributed by atoms with Gasteiger partial charge in [0, 0.05) is 11.6 Å². The summed E-state index contributed by atoms with van der Waals surface area (Å²) in [6.45, 7) is 5.86. The van der Waals surface area contributed by atoms with Crippen molar-refractivity contribution < 1.29 is 9.26 Å². The van der Waals surface area contributed by atoms with Crippen molar-refractivity contribution >= 4 is 11.5 Å². The minimum Gasteiger partial charge on any atom is -0.475 e. The minimum atomic E-state index is 0.0637. The van der Waals surface area contributed by atoms with Crippen LogP contribution in [-0.2, 0) is 0 Å². The molecule has 0 radical (unpaired) electrons. The van der Waals surface area contributed by atoms with Gasteiger partial charge in [-0.2, -0.15) is 4.98 Å². The van der Waals surface area contributed by atoms with Crippen LogP contribution in [0.5, 0.6) is 5.88 Å². The summed E-state index contributed by atoms with van der Waals surface area (Å²) in [5.74, 6) is 1.93. The Hall–Kier alpha value is -3.60. The van der Waals surface area contributed by atoms with Crippen molar-refractivity contribution in [2.24, 2.45) is 0 Å². The van der Waals surface area contributed by atoms with E-state index >= 15 is 0 Å². The minimum absolute atomic E-state index is 0.0637. The van der Waals surface area contributed by atoms with Crippen molar-refractivity contribution in [3.63, 3.8) is 0 Å². The van der Waals surface area contributed by atoms with Gasteiger partial charge < -0.3 is 14.6 Å². The molecule has 146 valence electrons. The smallest absolute Gasteiger partial charge is 0.215 e. The molecule has 0 aliphatic rings. The third-order valence-corrected chi connectivity index (χ3v) is 4.45. The van der Waals surface area contributed by atoms with Gasteiger partial charge in [-0.25, -0.2) is 0 Å². The number of nitrogens with zero attached hydrogens (tertiary/aromatic N) is 2. The Labute approximate surface area is 170 Å². The molecule has 2 aromatic heterocycles. The van der Waals surface area contributed by atoms with E-state index in [9.17, 15) is 0 Å². The lowest BCUT2D eigenvalue weighted by atomic mass is 10.0. The summed E-state index contributed by atoms with van der Waals surface area (Å²) in [7, 11) is 0. The predicted octanol–water partition coefficient (Wildman–Crippen LogP) is 6.24. The highest BCUT2D eigenvalue weighted by Crippen LogP contribution is 2.34. The predicted molar refractivity (Wildman–Crippen MR) is 115 cm³/mol. The van der Waals surface area contributed by atoms with Crippen LogP contribution in [-0.4, -0.2) is 16.2 Å².